The average molecular weight is 505 g/mol. The Morgan fingerprint density at radius 3 is 2.00 bits per heavy atom. The van der Waals surface area contributed by atoms with Crippen LogP contribution in [0.25, 0.3) is 0 Å². The second kappa shape index (κ2) is 13.0. The molecule has 0 bridgehead atoms. The van der Waals surface area contributed by atoms with Crippen LogP contribution in [0.15, 0.2) is 42.5 Å². The van der Waals surface area contributed by atoms with Crippen molar-refractivity contribution in [2.75, 3.05) is 21.3 Å². The number of aliphatic hydroxyl groups excluding tert-OH is 1. The molecule has 0 saturated carbocycles. The van der Waals surface area contributed by atoms with Crippen LogP contribution < -0.4 is 24.8 Å². The van der Waals surface area contributed by atoms with E-state index in [1.165, 1.54) is 21.3 Å². The zero-order valence-corrected chi connectivity index (χ0v) is 21.5. The van der Waals surface area contributed by atoms with Crippen LogP contribution in [0.3, 0.4) is 0 Å². The lowest BCUT2D eigenvalue weighted by Gasteiger charge is -2.30. The highest BCUT2D eigenvalue weighted by atomic mass is 16.6. The Kier molecular flexibility index (Phi) is 10.4. The highest BCUT2D eigenvalue weighted by molar-refractivity contribution is 5.75. The zero-order chi connectivity index (χ0) is 26.9. The number of methoxy groups -OCH3 is 3. The number of carbonyl (C=O) groups is 2. The first-order valence-corrected chi connectivity index (χ1v) is 11.5. The Balaban J connectivity index is 2.27. The van der Waals surface area contributed by atoms with Crippen molar-refractivity contribution in [1.82, 2.24) is 10.6 Å². The van der Waals surface area contributed by atoms with Crippen molar-refractivity contribution in [3.05, 3.63) is 53.6 Å². The van der Waals surface area contributed by atoms with Crippen LogP contribution in [0.2, 0.25) is 0 Å². The summed E-state index contributed by atoms with van der Waals surface area (Å²) in [6.07, 6.45) is -2.05. The number of benzene rings is 2. The van der Waals surface area contributed by atoms with Crippen LogP contribution in [0, 0.1) is 0 Å². The van der Waals surface area contributed by atoms with Crippen molar-refractivity contribution in [2.24, 2.45) is 0 Å². The molecule has 3 atom stereocenters. The molecule has 36 heavy (non-hydrogen) atoms. The first-order chi connectivity index (χ1) is 17.0. The summed E-state index contributed by atoms with van der Waals surface area (Å²) >= 11 is 0. The smallest absolute Gasteiger partial charge is 0.407 e. The summed E-state index contributed by atoms with van der Waals surface area (Å²) in [5.74, 6) is -0.0497. The summed E-state index contributed by atoms with van der Waals surface area (Å²) < 4.78 is 21.3. The van der Waals surface area contributed by atoms with Gasteiger partial charge in [-0.3, -0.25) is 10.1 Å². The molecule has 10 heteroatoms. The summed E-state index contributed by atoms with van der Waals surface area (Å²) in [5.41, 5.74) is 0.692. The number of rotatable bonds is 12. The minimum Gasteiger partial charge on any atom is -0.493 e. The maximum atomic E-state index is 12.5. The molecule has 1 amide bonds. The monoisotopic (exact) mass is 504 g/mol. The predicted octanol–water partition coefficient (Wildman–Crippen LogP) is 2.75. The molecule has 0 unspecified atom stereocenters. The number of hydrogen-bond acceptors (Lipinski definition) is 8. The van der Waals surface area contributed by atoms with E-state index >= 15 is 0 Å². The molecule has 0 aliphatic rings. The first kappa shape index (κ1) is 28.7. The van der Waals surface area contributed by atoms with Crippen LogP contribution in [-0.2, 0) is 22.5 Å². The number of aliphatic hydroxyl groups is 1. The molecule has 0 fully saturated rings. The van der Waals surface area contributed by atoms with Gasteiger partial charge in [-0.15, -0.1) is 0 Å². The molecule has 2 aromatic rings. The Bertz CT molecular complexity index is 982. The number of amides is 1. The number of carboxylic acids is 1. The van der Waals surface area contributed by atoms with Crippen LogP contribution in [0.4, 0.5) is 4.79 Å². The molecular formula is C26H36N2O8. The number of ether oxygens (including phenoxy) is 4. The number of carbonyl (C=O) groups excluding carboxylic acids is 1. The van der Waals surface area contributed by atoms with Crippen LogP contribution in [0.1, 0.15) is 31.9 Å². The van der Waals surface area contributed by atoms with E-state index in [0.29, 0.717) is 22.8 Å². The lowest BCUT2D eigenvalue weighted by molar-refractivity contribution is -0.143. The van der Waals surface area contributed by atoms with Crippen molar-refractivity contribution in [1.29, 1.82) is 0 Å². The number of aliphatic carboxylic acids is 1. The van der Waals surface area contributed by atoms with E-state index in [-0.39, 0.29) is 13.0 Å². The number of nitrogens with one attached hydrogen (secondary N) is 2. The normalized spacial score (nSPS) is 13.8. The van der Waals surface area contributed by atoms with Crippen LogP contribution >= 0.6 is 0 Å². The van der Waals surface area contributed by atoms with Crippen LogP contribution in [0.5, 0.6) is 17.2 Å². The van der Waals surface area contributed by atoms with Crippen molar-refractivity contribution >= 4 is 12.1 Å². The third-order valence-corrected chi connectivity index (χ3v) is 5.27. The SMILES string of the molecule is COc1cc(CN[C@@H](C(=O)O)[C@H](O)[C@H](Cc2ccccc2)NC(=O)OC(C)(C)C)cc(OC)c1OC. The highest BCUT2D eigenvalue weighted by Crippen LogP contribution is 2.38. The molecule has 0 radical (unpaired) electrons. The number of carboxylic acid groups (broad SMARTS) is 1. The van der Waals surface area contributed by atoms with E-state index in [1.807, 2.05) is 30.3 Å². The molecule has 0 aliphatic heterocycles. The average Bonchev–Trinajstić information content (AvgIpc) is 2.82. The molecule has 0 aliphatic carbocycles. The minimum absolute atomic E-state index is 0.0647. The van der Waals surface area contributed by atoms with Gasteiger partial charge >= 0.3 is 12.1 Å². The maximum Gasteiger partial charge on any atom is 0.407 e. The molecular weight excluding hydrogens is 468 g/mol. The summed E-state index contributed by atoms with van der Waals surface area (Å²) in [6.45, 7) is 5.21. The molecule has 0 aromatic heterocycles. The van der Waals surface area contributed by atoms with Gasteiger partial charge in [-0.1, -0.05) is 30.3 Å². The summed E-state index contributed by atoms with van der Waals surface area (Å²) in [6, 6.07) is 10.1. The lowest BCUT2D eigenvalue weighted by Crippen LogP contribution is -2.57. The number of alkyl carbamates (subject to hydrolysis) is 1. The predicted molar refractivity (Wildman–Crippen MR) is 134 cm³/mol. The summed E-state index contributed by atoms with van der Waals surface area (Å²) in [4.78, 5) is 24.6. The largest absolute Gasteiger partial charge is 0.493 e. The fraction of sp³-hybridized carbons (Fsp3) is 0.462. The zero-order valence-electron chi connectivity index (χ0n) is 21.5. The molecule has 198 valence electrons. The van der Waals surface area contributed by atoms with Gasteiger partial charge in [-0.2, -0.15) is 0 Å². The second-order valence-electron chi connectivity index (χ2n) is 9.16. The van der Waals surface area contributed by atoms with Crippen molar-refractivity contribution < 1.29 is 38.7 Å². The van der Waals surface area contributed by atoms with Gasteiger partial charge in [-0.05, 0) is 50.5 Å². The second-order valence-corrected chi connectivity index (χ2v) is 9.16. The van der Waals surface area contributed by atoms with Gasteiger partial charge in [0.15, 0.2) is 11.5 Å². The van der Waals surface area contributed by atoms with Crippen LogP contribution in [-0.4, -0.2) is 67.4 Å². The highest BCUT2D eigenvalue weighted by Gasteiger charge is 2.35. The fourth-order valence-electron chi connectivity index (χ4n) is 3.64. The van der Waals surface area contributed by atoms with Gasteiger partial charge < -0.3 is 34.5 Å². The van der Waals surface area contributed by atoms with E-state index in [2.05, 4.69) is 10.6 Å². The topological polar surface area (TPSA) is 136 Å². The van der Waals surface area contributed by atoms with Gasteiger partial charge in [0.2, 0.25) is 5.75 Å². The maximum absolute atomic E-state index is 12.5. The summed E-state index contributed by atoms with van der Waals surface area (Å²) in [7, 11) is 4.45. The fourth-order valence-corrected chi connectivity index (χ4v) is 3.64. The molecule has 10 nitrogen and oxygen atoms in total. The Morgan fingerprint density at radius 1 is 0.944 bits per heavy atom. The van der Waals surface area contributed by atoms with Gasteiger partial charge in [0.05, 0.1) is 27.4 Å². The third kappa shape index (κ3) is 8.31. The number of hydrogen-bond donors (Lipinski definition) is 4. The van der Waals surface area contributed by atoms with Gasteiger partial charge in [0.1, 0.15) is 17.7 Å². The van der Waals surface area contributed by atoms with Crippen molar-refractivity contribution in [2.45, 2.75) is 57.5 Å². The van der Waals surface area contributed by atoms with E-state index in [1.54, 1.807) is 32.9 Å². The summed E-state index contributed by atoms with van der Waals surface area (Å²) in [5, 5.41) is 26.5. The standard InChI is InChI=1S/C26H36N2O8/c1-26(2,3)36-25(32)28-18(12-16-10-8-7-9-11-16)22(29)21(24(30)31)27-15-17-13-19(33-4)23(35-6)20(14-17)34-5/h7-11,13-14,18,21-22,27,29H,12,15H2,1-6H3,(H,28,32)(H,30,31)/t18-,21+,22+/m0/s1. The quantitative estimate of drug-likeness (QED) is 0.344. The molecule has 0 saturated heterocycles. The van der Waals surface area contributed by atoms with Gasteiger partial charge in [0.25, 0.3) is 0 Å². The van der Waals surface area contributed by atoms with E-state index in [4.69, 9.17) is 18.9 Å². The van der Waals surface area contributed by atoms with Crippen molar-refractivity contribution in [3.63, 3.8) is 0 Å². The lowest BCUT2D eigenvalue weighted by atomic mass is 9.96. The Morgan fingerprint density at radius 2 is 1.53 bits per heavy atom. The molecule has 4 N–H and O–H groups in total. The van der Waals surface area contributed by atoms with Gasteiger partial charge in [0, 0.05) is 6.54 Å². The van der Waals surface area contributed by atoms with E-state index in [9.17, 15) is 19.8 Å². The third-order valence-electron chi connectivity index (χ3n) is 5.27. The van der Waals surface area contributed by atoms with E-state index < -0.39 is 35.9 Å². The molecule has 0 spiro atoms. The Hall–Kier alpha value is -3.50. The van der Waals surface area contributed by atoms with E-state index in [0.717, 1.165) is 5.56 Å². The molecule has 0 heterocycles. The minimum atomic E-state index is -1.49. The van der Waals surface area contributed by atoms with Crippen molar-refractivity contribution in [3.8, 4) is 17.2 Å². The Labute approximate surface area is 211 Å². The first-order valence-electron chi connectivity index (χ1n) is 11.5. The molecule has 2 aromatic carbocycles. The van der Waals surface area contributed by atoms with Gasteiger partial charge in [-0.25, -0.2) is 4.79 Å². The molecule has 2 rings (SSSR count).